The summed E-state index contributed by atoms with van der Waals surface area (Å²) in [6, 6.07) is 0.424. The van der Waals surface area contributed by atoms with E-state index in [1.54, 1.807) is 0 Å². The number of sulfonamides is 1. The summed E-state index contributed by atoms with van der Waals surface area (Å²) in [6.45, 7) is 8.70. The lowest BCUT2D eigenvalue weighted by Gasteiger charge is -2.19. The van der Waals surface area contributed by atoms with Crippen LogP contribution in [-0.4, -0.2) is 55.9 Å². The normalized spacial score (nSPS) is 12.3. The maximum atomic E-state index is 12.0. The quantitative estimate of drug-likeness (QED) is 0.428. The van der Waals surface area contributed by atoms with E-state index in [1.165, 1.54) is 10.4 Å². The molecule has 18 heavy (non-hydrogen) atoms. The third-order valence-corrected chi connectivity index (χ3v) is 4.38. The summed E-state index contributed by atoms with van der Waals surface area (Å²) >= 11 is 0. The van der Waals surface area contributed by atoms with Crippen molar-refractivity contribution in [3.8, 4) is 0 Å². The first-order chi connectivity index (χ1) is 8.44. The maximum Gasteiger partial charge on any atom is 0.214 e. The third kappa shape index (κ3) is 7.81. The van der Waals surface area contributed by atoms with Gasteiger partial charge in [-0.15, -0.1) is 6.58 Å². The second-order valence-electron chi connectivity index (χ2n) is 4.50. The Morgan fingerprint density at radius 3 is 2.56 bits per heavy atom. The van der Waals surface area contributed by atoms with Gasteiger partial charge in [-0.3, -0.25) is 0 Å². The molecule has 108 valence electrons. The van der Waals surface area contributed by atoms with Crippen molar-refractivity contribution in [2.24, 2.45) is 0 Å². The fraction of sp³-hybridized carbons (Fsp3) is 0.833. The van der Waals surface area contributed by atoms with E-state index in [9.17, 15) is 8.42 Å². The highest BCUT2D eigenvalue weighted by atomic mass is 32.2. The van der Waals surface area contributed by atoms with Crippen LogP contribution in [0, 0.1) is 0 Å². The Kier molecular flexibility index (Phi) is 9.27. The first-order valence-corrected chi connectivity index (χ1v) is 7.98. The number of aliphatic hydroxyl groups is 1. The Morgan fingerprint density at radius 1 is 1.39 bits per heavy atom. The van der Waals surface area contributed by atoms with Gasteiger partial charge in [0.25, 0.3) is 0 Å². The van der Waals surface area contributed by atoms with Gasteiger partial charge < -0.3 is 10.4 Å². The van der Waals surface area contributed by atoms with Crippen LogP contribution in [0.3, 0.4) is 0 Å². The van der Waals surface area contributed by atoms with Crippen molar-refractivity contribution in [2.45, 2.75) is 32.7 Å². The fourth-order valence-corrected chi connectivity index (χ4v) is 3.05. The van der Waals surface area contributed by atoms with E-state index in [-0.39, 0.29) is 25.4 Å². The zero-order valence-electron chi connectivity index (χ0n) is 11.4. The monoisotopic (exact) mass is 278 g/mol. The summed E-state index contributed by atoms with van der Waals surface area (Å²) in [7, 11) is -3.27. The fourth-order valence-electron chi connectivity index (χ4n) is 1.53. The molecule has 0 aliphatic rings. The molecule has 6 heteroatoms. The highest BCUT2D eigenvalue weighted by molar-refractivity contribution is 7.89. The van der Waals surface area contributed by atoms with Crippen LogP contribution in [-0.2, 0) is 10.0 Å². The van der Waals surface area contributed by atoms with Crippen LogP contribution in [0.15, 0.2) is 12.7 Å². The lowest BCUT2D eigenvalue weighted by atomic mass is 10.3. The van der Waals surface area contributed by atoms with Crippen LogP contribution in [0.1, 0.15) is 26.7 Å². The molecule has 0 heterocycles. The first kappa shape index (κ1) is 17.6. The summed E-state index contributed by atoms with van der Waals surface area (Å²) in [5.41, 5.74) is 0. The predicted octanol–water partition coefficient (Wildman–Crippen LogP) is 0.575. The average Bonchev–Trinajstić information content (AvgIpc) is 2.27. The molecule has 5 nitrogen and oxygen atoms in total. The second kappa shape index (κ2) is 9.49. The van der Waals surface area contributed by atoms with E-state index in [4.69, 9.17) is 5.11 Å². The minimum absolute atomic E-state index is 0.126. The number of unbranched alkanes of at least 4 members (excludes halogenated alkanes) is 1. The number of hydrogen-bond donors (Lipinski definition) is 2. The van der Waals surface area contributed by atoms with Crippen LogP contribution in [0.4, 0.5) is 0 Å². The summed E-state index contributed by atoms with van der Waals surface area (Å²) in [5, 5.41) is 12.1. The van der Waals surface area contributed by atoms with Crippen molar-refractivity contribution in [1.82, 2.24) is 9.62 Å². The second-order valence-corrected chi connectivity index (χ2v) is 6.59. The van der Waals surface area contributed by atoms with Crippen molar-refractivity contribution in [3.05, 3.63) is 12.7 Å². The molecule has 0 unspecified atom stereocenters. The molecule has 0 radical (unpaired) electrons. The highest BCUT2D eigenvalue weighted by Crippen LogP contribution is 2.04. The molecule has 0 bridgehead atoms. The smallest absolute Gasteiger partial charge is 0.214 e. The number of aliphatic hydroxyl groups excluding tert-OH is 1. The van der Waals surface area contributed by atoms with Crippen molar-refractivity contribution < 1.29 is 13.5 Å². The summed E-state index contributed by atoms with van der Waals surface area (Å²) in [4.78, 5) is 0. The molecular weight excluding hydrogens is 252 g/mol. The van der Waals surface area contributed by atoms with Crippen molar-refractivity contribution >= 4 is 10.0 Å². The molecule has 0 spiro atoms. The van der Waals surface area contributed by atoms with Gasteiger partial charge >= 0.3 is 0 Å². The molecule has 2 N–H and O–H groups in total. The Labute approximate surface area is 111 Å². The maximum absolute atomic E-state index is 12.0. The van der Waals surface area contributed by atoms with Gasteiger partial charge in [-0.2, -0.15) is 4.31 Å². The van der Waals surface area contributed by atoms with Crippen molar-refractivity contribution in [3.63, 3.8) is 0 Å². The molecule has 0 aromatic rings. The molecule has 0 aromatic heterocycles. The van der Waals surface area contributed by atoms with Crippen LogP contribution >= 0.6 is 0 Å². The van der Waals surface area contributed by atoms with Gasteiger partial charge in [0.15, 0.2) is 0 Å². The molecule has 0 rings (SSSR count). The highest BCUT2D eigenvalue weighted by Gasteiger charge is 2.19. The number of hydrogen-bond acceptors (Lipinski definition) is 4. The lowest BCUT2D eigenvalue weighted by Crippen LogP contribution is -2.35. The molecule has 0 atom stereocenters. The van der Waals surface area contributed by atoms with Gasteiger partial charge in [-0.05, 0) is 19.4 Å². The molecule has 0 aliphatic carbocycles. The predicted molar refractivity (Wildman–Crippen MR) is 75.0 cm³/mol. The molecule has 0 aliphatic heterocycles. The zero-order chi connectivity index (χ0) is 14.0. The Hall–Kier alpha value is -0.430. The molecular formula is C12H26N2O3S. The molecule has 0 amide bonds. The lowest BCUT2D eigenvalue weighted by molar-refractivity contribution is 0.260. The van der Waals surface area contributed by atoms with E-state index in [1.807, 2.05) is 0 Å². The average molecular weight is 278 g/mol. The van der Waals surface area contributed by atoms with Gasteiger partial charge in [0.05, 0.1) is 12.4 Å². The Balaban J connectivity index is 4.07. The minimum Gasteiger partial charge on any atom is -0.395 e. The molecule has 0 fully saturated rings. The van der Waals surface area contributed by atoms with Gasteiger partial charge in [-0.1, -0.05) is 19.9 Å². The van der Waals surface area contributed by atoms with E-state index in [0.717, 1.165) is 13.0 Å². The summed E-state index contributed by atoms with van der Waals surface area (Å²) in [6.07, 6.45) is 2.99. The number of nitrogens with one attached hydrogen (secondary N) is 1. The summed E-state index contributed by atoms with van der Waals surface area (Å²) in [5.74, 6) is 0.126. The van der Waals surface area contributed by atoms with Crippen LogP contribution in [0.5, 0.6) is 0 Å². The first-order valence-electron chi connectivity index (χ1n) is 6.37. The zero-order valence-corrected chi connectivity index (χ0v) is 12.2. The molecule has 0 saturated heterocycles. The van der Waals surface area contributed by atoms with E-state index >= 15 is 0 Å². The SMILES string of the molecule is C=CCN(CCO)S(=O)(=O)CCCCNC(C)C. The number of nitrogens with zero attached hydrogens (tertiary/aromatic N) is 1. The molecule has 0 saturated carbocycles. The topological polar surface area (TPSA) is 69.6 Å². The van der Waals surface area contributed by atoms with Crippen molar-refractivity contribution in [2.75, 3.05) is 32.0 Å². The third-order valence-electron chi connectivity index (χ3n) is 2.46. The minimum atomic E-state index is -3.27. The van der Waals surface area contributed by atoms with Crippen LogP contribution in [0.2, 0.25) is 0 Å². The van der Waals surface area contributed by atoms with Crippen LogP contribution in [0.25, 0.3) is 0 Å². The van der Waals surface area contributed by atoms with Gasteiger partial charge in [0, 0.05) is 19.1 Å². The van der Waals surface area contributed by atoms with Crippen LogP contribution < -0.4 is 5.32 Å². The number of rotatable bonds is 11. The van der Waals surface area contributed by atoms with E-state index < -0.39 is 10.0 Å². The Morgan fingerprint density at radius 2 is 2.06 bits per heavy atom. The van der Waals surface area contributed by atoms with Gasteiger partial charge in [-0.25, -0.2) is 8.42 Å². The largest absolute Gasteiger partial charge is 0.395 e. The van der Waals surface area contributed by atoms with E-state index in [0.29, 0.717) is 12.5 Å². The van der Waals surface area contributed by atoms with Gasteiger partial charge in [0.1, 0.15) is 0 Å². The van der Waals surface area contributed by atoms with Crippen molar-refractivity contribution in [1.29, 1.82) is 0 Å². The molecule has 0 aromatic carbocycles. The van der Waals surface area contributed by atoms with E-state index in [2.05, 4.69) is 25.7 Å². The Bertz CT molecular complexity index is 315. The van der Waals surface area contributed by atoms with Gasteiger partial charge in [0.2, 0.25) is 10.0 Å². The standard InChI is InChI=1S/C12H26N2O3S/c1-4-8-14(9-10-15)18(16,17)11-6-5-7-13-12(2)3/h4,12-13,15H,1,5-11H2,2-3H3. The summed E-state index contributed by atoms with van der Waals surface area (Å²) < 4.78 is 25.2.